The van der Waals surface area contributed by atoms with Crippen LogP contribution >= 0.6 is 11.3 Å². The summed E-state index contributed by atoms with van der Waals surface area (Å²) in [6.45, 7) is 0.462. The Balaban J connectivity index is 1.68. The van der Waals surface area contributed by atoms with Gasteiger partial charge in [-0.1, -0.05) is 12.1 Å². The molecule has 0 aliphatic carbocycles. The molecule has 1 saturated heterocycles. The molecule has 0 spiro atoms. The van der Waals surface area contributed by atoms with Crippen LogP contribution < -0.4 is 11.1 Å². The molecule has 0 saturated carbocycles. The number of nitrogens with zero attached hydrogens (tertiary/aromatic N) is 1. The van der Waals surface area contributed by atoms with Crippen molar-refractivity contribution in [1.82, 2.24) is 4.98 Å². The van der Waals surface area contributed by atoms with E-state index in [1.807, 2.05) is 29.6 Å². The van der Waals surface area contributed by atoms with Crippen LogP contribution in [0, 0.1) is 0 Å². The molecule has 1 aromatic heterocycles. The number of nitrogens with one attached hydrogen (secondary N) is 1. The van der Waals surface area contributed by atoms with Crippen molar-refractivity contribution in [1.29, 1.82) is 0 Å². The number of carbonyl (C=O) groups excluding carboxylic acids is 1. The molecule has 2 atom stereocenters. The van der Waals surface area contributed by atoms with E-state index in [2.05, 4.69) is 10.3 Å². The summed E-state index contributed by atoms with van der Waals surface area (Å²) in [5.74, 6) is -0.109. The van der Waals surface area contributed by atoms with Crippen molar-refractivity contribution >= 4 is 22.9 Å². The van der Waals surface area contributed by atoms with Crippen molar-refractivity contribution in [2.45, 2.75) is 25.0 Å². The second-order valence-corrected chi connectivity index (χ2v) is 5.86. The van der Waals surface area contributed by atoms with Crippen LogP contribution in [-0.2, 0) is 9.53 Å². The maximum Gasteiger partial charge on any atom is 0.253 e. The molecule has 1 amide bonds. The van der Waals surface area contributed by atoms with E-state index in [0.29, 0.717) is 6.54 Å². The SMILES string of the molecule is NCC1CCC(C(=O)Nc2cccc(-c3nccs3)c2)O1. The highest BCUT2D eigenvalue weighted by molar-refractivity contribution is 7.13. The van der Waals surface area contributed by atoms with Crippen molar-refractivity contribution < 1.29 is 9.53 Å². The van der Waals surface area contributed by atoms with E-state index >= 15 is 0 Å². The Bertz CT molecular complexity index is 615. The predicted molar refractivity (Wildman–Crippen MR) is 83.1 cm³/mol. The maximum absolute atomic E-state index is 12.2. The molecule has 110 valence electrons. The zero-order valence-electron chi connectivity index (χ0n) is 11.5. The number of benzene rings is 1. The molecule has 2 unspecified atom stereocenters. The van der Waals surface area contributed by atoms with E-state index in [-0.39, 0.29) is 12.0 Å². The van der Waals surface area contributed by atoms with E-state index in [1.54, 1.807) is 17.5 Å². The Kier molecular flexibility index (Phi) is 4.28. The molecule has 0 bridgehead atoms. The first kappa shape index (κ1) is 14.2. The molecule has 1 aromatic carbocycles. The minimum Gasteiger partial charge on any atom is -0.364 e. The summed E-state index contributed by atoms with van der Waals surface area (Å²) in [6.07, 6.45) is 2.93. The van der Waals surface area contributed by atoms with Gasteiger partial charge in [-0.05, 0) is 25.0 Å². The number of hydrogen-bond acceptors (Lipinski definition) is 5. The van der Waals surface area contributed by atoms with Gasteiger partial charge in [0.1, 0.15) is 11.1 Å². The van der Waals surface area contributed by atoms with Gasteiger partial charge in [-0.2, -0.15) is 0 Å². The van der Waals surface area contributed by atoms with Gasteiger partial charge in [0.25, 0.3) is 5.91 Å². The molecule has 3 N–H and O–H groups in total. The van der Waals surface area contributed by atoms with Crippen molar-refractivity contribution in [3.8, 4) is 10.6 Å². The first-order chi connectivity index (χ1) is 10.3. The number of ether oxygens (including phenoxy) is 1. The van der Waals surface area contributed by atoms with Crippen molar-refractivity contribution in [2.75, 3.05) is 11.9 Å². The lowest BCUT2D eigenvalue weighted by Crippen LogP contribution is -2.29. The second kappa shape index (κ2) is 6.34. The Hall–Kier alpha value is -1.76. The lowest BCUT2D eigenvalue weighted by Gasteiger charge is -2.13. The lowest BCUT2D eigenvalue weighted by molar-refractivity contribution is -0.126. The molecule has 1 fully saturated rings. The fourth-order valence-electron chi connectivity index (χ4n) is 2.39. The number of thiazole rings is 1. The Morgan fingerprint density at radius 3 is 3.10 bits per heavy atom. The molecule has 2 heterocycles. The highest BCUT2D eigenvalue weighted by atomic mass is 32.1. The zero-order chi connectivity index (χ0) is 14.7. The largest absolute Gasteiger partial charge is 0.364 e. The summed E-state index contributed by atoms with van der Waals surface area (Å²) in [5.41, 5.74) is 7.31. The van der Waals surface area contributed by atoms with Crippen LogP contribution in [0.1, 0.15) is 12.8 Å². The van der Waals surface area contributed by atoms with Crippen LogP contribution in [0.25, 0.3) is 10.6 Å². The summed E-state index contributed by atoms with van der Waals surface area (Å²) in [5, 5.41) is 5.77. The minimum atomic E-state index is -0.401. The quantitative estimate of drug-likeness (QED) is 0.908. The number of anilines is 1. The van der Waals surface area contributed by atoms with E-state index < -0.39 is 6.10 Å². The lowest BCUT2D eigenvalue weighted by atomic mass is 10.1. The van der Waals surface area contributed by atoms with Crippen molar-refractivity contribution in [2.24, 2.45) is 5.73 Å². The second-order valence-electron chi connectivity index (χ2n) is 4.97. The fraction of sp³-hybridized carbons (Fsp3) is 0.333. The van der Waals surface area contributed by atoms with Gasteiger partial charge >= 0.3 is 0 Å². The topological polar surface area (TPSA) is 77.2 Å². The summed E-state index contributed by atoms with van der Waals surface area (Å²) < 4.78 is 5.60. The first-order valence-electron chi connectivity index (χ1n) is 6.92. The first-order valence-corrected chi connectivity index (χ1v) is 7.80. The van der Waals surface area contributed by atoms with Crippen LogP contribution in [0.3, 0.4) is 0 Å². The van der Waals surface area contributed by atoms with Gasteiger partial charge in [0.15, 0.2) is 0 Å². The number of hydrogen-bond donors (Lipinski definition) is 2. The van der Waals surface area contributed by atoms with Crippen LogP contribution in [-0.4, -0.2) is 29.6 Å². The van der Waals surface area contributed by atoms with Gasteiger partial charge in [-0.15, -0.1) is 11.3 Å². The number of amides is 1. The van der Waals surface area contributed by atoms with E-state index in [1.165, 1.54) is 0 Å². The third-order valence-corrected chi connectivity index (χ3v) is 4.29. The number of nitrogens with two attached hydrogens (primary N) is 1. The Morgan fingerprint density at radius 2 is 2.38 bits per heavy atom. The van der Waals surface area contributed by atoms with E-state index in [9.17, 15) is 4.79 Å². The molecule has 1 aliphatic rings. The van der Waals surface area contributed by atoms with E-state index in [0.717, 1.165) is 29.1 Å². The van der Waals surface area contributed by atoms with Gasteiger partial charge in [0, 0.05) is 29.4 Å². The number of aromatic nitrogens is 1. The van der Waals surface area contributed by atoms with Crippen LogP contribution in [0.4, 0.5) is 5.69 Å². The number of rotatable bonds is 4. The van der Waals surface area contributed by atoms with Crippen LogP contribution in [0.5, 0.6) is 0 Å². The molecule has 21 heavy (non-hydrogen) atoms. The average molecular weight is 303 g/mol. The molecular formula is C15H17N3O2S. The maximum atomic E-state index is 12.2. The predicted octanol–water partition coefficient (Wildman–Crippen LogP) is 2.25. The van der Waals surface area contributed by atoms with Gasteiger partial charge in [-0.3, -0.25) is 4.79 Å². The van der Waals surface area contributed by atoms with Gasteiger partial charge in [0.2, 0.25) is 0 Å². The van der Waals surface area contributed by atoms with Gasteiger partial charge in [-0.25, -0.2) is 4.98 Å². The van der Waals surface area contributed by atoms with Crippen LogP contribution in [0.15, 0.2) is 35.8 Å². The molecule has 1 aliphatic heterocycles. The smallest absolute Gasteiger partial charge is 0.253 e. The average Bonchev–Trinajstić information content (AvgIpc) is 3.19. The van der Waals surface area contributed by atoms with E-state index in [4.69, 9.17) is 10.5 Å². The number of carbonyl (C=O) groups is 1. The highest BCUT2D eigenvalue weighted by Crippen LogP contribution is 2.25. The minimum absolute atomic E-state index is 0.00223. The molecule has 6 heteroatoms. The summed E-state index contributed by atoms with van der Waals surface area (Å²) in [4.78, 5) is 16.5. The van der Waals surface area contributed by atoms with Gasteiger partial charge < -0.3 is 15.8 Å². The monoisotopic (exact) mass is 303 g/mol. The van der Waals surface area contributed by atoms with Gasteiger partial charge in [0.05, 0.1) is 6.10 Å². The molecule has 3 rings (SSSR count). The normalized spacial score (nSPS) is 21.4. The molecule has 2 aromatic rings. The highest BCUT2D eigenvalue weighted by Gasteiger charge is 2.29. The fourth-order valence-corrected chi connectivity index (χ4v) is 3.03. The molecule has 0 radical (unpaired) electrons. The molecule has 5 nitrogen and oxygen atoms in total. The van der Waals surface area contributed by atoms with Crippen LogP contribution in [0.2, 0.25) is 0 Å². The third kappa shape index (κ3) is 3.29. The van der Waals surface area contributed by atoms with Crippen molar-refractivity contribution in [3.63, 3.8) is 0 Å². The Labute approximate surface area is 127 Å². The van der Waals surface area contributed by atoms with Crippen molar-refractivity contribution in [3.05, 3.63) is 35.8 Å². The zero-order valence-corrected chi connectivity index (χ0v) is 12.3. The summed E-state index contributed by atoms with van der Waals surface area (Å²) in [6, 6.07) is 7.67. The third-order valence-electron chi connectivity index (χ3n) is 3.47. The summed E-state index contributed by atoms with van der Waals surface area (Å²) in [7, 11) is 0. The Morgan fingerprint density at radius 1 is 1.48 bits per heavy atom. The standard InChI is InChI=1S/C15H17N3O2S/c16-9-12-4-5-13(20-12)14(19)18-11-3-1-2-10(8-11)15-17-6-7-21-15/h1-3,6-8,12-13H,4-5,9,16H2,(H,18,19). The molecular weight excluding hydrogens is 286 g/mol. The summed E-state index contributed by atoms with van der Waals surface area (Å²) >= 11 is 1.57.